The van der Waals surface area contributed by atoms with Crippen molar-refractivity contribution < 1.29 is 13.2 Å². The van der Waals surface area contributed by atoms with E-state index >= 15 is 0 Å². The molecular formula is C16H11F3N2O. The number of hydrogen-bond acceptors (Lipinski definition) is 2. The summed E-state index contributed by atoms with van der Waals surface area (Å²) < 4.78 is 41.8. The van der Waals surface area contributed by atoms with Crippen LogP contribution in [0.1, 0.15) is 12.7 Å². The molecule has 0 saturated carbocycles. The topological polar surface area (TPSA) is 34.9 Å². The van der Waals surface area contributed by atoms with Gasteiger partial charge in [-0.05, 0) is 24.3 Å². The second-order valence-electron chi connectivity index (χ2n) is 4.78. The fraction of sp³-hybridized carbons (Fsp3) is 0.125. The molecule has 0 fully saturated rings. The maximum atomic E-state index is 13.9. The minimum absolute atomic E-state index is 0.0167. The van der Waals surface area contributed by atoms with Gasteiger partial charge in [0.25, 0.3) is 5.56 Å². The van der Waals surface area contributed by atoms with Crippen molar-refractivity contribution in [2.45, 2.75) is 13.3 Å². The Morgan fingerprint density at radius 3 is 2.41 bits per heavy atom. The Balaban J connectivity index is 2.44. The number of fused-ring (bicyclic) bond motifs is 1. The van der Waals surface area contributed by atoms with Crippen LogP contribution in [0.3, 0.4) is 0 Å². The predicted molar refractivity (Wildman–Crippen MR) is 76.6 cm³/mol. The zero-order valence-electron chi connectivity index (χ0n) is 11.6. The molecule has 3 rings (SSSR count). The molecule has 22 heavy (non-hydrogen) atoms. The Morgan fingerprint density at radius 2 is 1.77 bits per heavy atom. The van der Waals surface area contributed by atoms with Gasteiger partial charge in [0.2, 0.25) is 0 Å². The lowest BCUT2D eigenvalue weighted by molar-refractivity contribution is 0.580. The summed E-state index contributed by atoms with van der Waals surface area (Å²) >= 11 is 0. The number of halogens is 3. The molecule has 0 unspecified atom stereocenters. The highest BCUT2D eigenvalue weighted by Gasteiger charge is 2.15. The number of rotatable bonds is 2. The van der Waals surface area contributed by atoms with E-state index in [0.717, 1.165) is 22.8 Å². The highest BCUT2D eigenvalue weighted by molar-refractivity contribution is 5.78. The van der Waals surface area contributed by atoms with E-state index in [0.29, 0.717) is 18.3 Å². The normalized spacial score (nSPS) is 11.1. The first kappa shape index (κ1) is 14.3. The van der Waals surface area contributed by atoms with Crippen LogP contribution in [0.15, 0.2) is 41.2 Å². The zero-order chi connectivity index (χ0) is 15.9. The van der Waals surface area contributed by atoms with Crippen LogP contribution >= 0.6 is 0 Å². The van der Waals surface area contributed by atoms with Gasteiger partial charge >= 0.3 is 0 Å². The summed E-state index contributed by atoms with van der Waals surface area (Å²) in [6.45, 7) is 1.75. The van der Waals surface area contributed by atoms with Gasteiger partial charge in [0, 0.05) is 12.5 Å². The predicted octanol–water partition coefficient (Wildman–Crippen LogP) is 3.37. The SMILES string of the molecule is CCc1nc2cccc(F)c2c(=O)n1-c1cc(F)cc(F)c1. The zero-order valence-corrected chi connectivity index (χ0v) is 11.6. The molecule has 1 aromatic heterocycles. The van der Waals surface area contributed by atoms with Gasteiger partial charge in [-0.2, -0.15) is 0 Å². The molecule has 2 aromatic carbocycles. The van der Waals surface area contributed by atoms with Crippen molar-refractivity contribution in [3.63, 3.8) is 0 Å². The second-order valence-corrected chi connectivity index (χ2v) is 4.78. The van der Waals surface area contributed by atoms with Crippen LogP contribution in [0.4, 0.5) is 13.2 Å². The summed E-state index contributed by atoms with van der Waals surface area (Å²) in [4.78, 5) is 16.8. The summed E-state index contributed by atoms with van der Waals surface area (Å²) in [6.07, 6.45) is 0.347. The number of benzene rings is 2. The fourth-order valence-corrected chi connectivity index (χ4v) is 2.41. The molecule has 0 aliphatic carbocycles. The second kappa shape index (κ2) is 5.29. The fourth-order valence-electron chi connectivity index (χ4n) is 2.41. The number of aromatic nitrogens is 2. The molecular weight excluding hydrogens is 293 g/mol. The summed E-state index contributed by atoms with van der Waals surface area (Å²) in [5.74, 6) is -2.06. The molecule has 0 amide bonds. The molecule has 3 nitrogen and oxygen atoms in total. The van der Waals surface area contributed by atoms with E-state index in [2.05, 4.69) is 4.98 Å². The van der Waals surface area contributed by atoms with Gasteiger partial charge in [-0.3, -0.25) is 9.36 Å². The lowest BCUT2D eigenvalue weighted by Gasteiger charge is -2.13. The average Bonchev–Trinajstić information content (AvgIpc) is 2.45. The van der Waals surface area contributed by atoms with Crippen molar-refractivity contribution in [2.75, 3.05) is 0 Å². The Labute approximate surface area is 123 Å². The van der Waals surface area contributed by atoms with Crippen molar-refractivity contribution in [3.8, 4) is 5.69 Å². The van der Waals surface area contributed by atoms with Crippen LogP contribution in [-0.2, 0) is 6.42 Å². The third kappa shape index (κ3) is 2.26. The quantitative estimate of drug-likeness (QED) is 0.727. The minimum Gasteiger partial charge on any atom is -0.268 e. The maximum Gasteiger partial charge on any atom is 0.268 e. The molecule has 0 N–H and O–H groups in total. The van der Waals surface area contributed by atoms with Crippen molar-refractivity contribution in [1.29, 1.82) is 0 Å². The molecule has 6 heteroatoms. The van der Waals surface area contributed by atoms with Crippen LogP contribution in [0.25, 0.3) is 16.6 Å². The molecule has 0 atom stereocenters. The third-order valence-electron chi connectivity index (χ3n) is 3.34. The van der Waals surface area contributed by atoms with E-state index < -0.39 is 23.0 Å². The number of aryl methyl sites for hydroxylation is 1. The van der Waals surface area contributed by atoms with E-state index in [1.165, 1.54) is 12.1 Å². The van der Waals surface area contributed by atoms with Gasteiger partial charge < -0.3 is 0 Å². The number of nitrogens with zero attached hydrogens (tertiary/aromatic N) is 2. The Morgan fingerprint density at radius 1 is 1.09 bits per heavy atom. The van der Waals surface area contributed by atoms with Crippen molar-refractivity contribution in [3.05, 3.63) is 70.0 Å². The van der Waals surface area contributed by atoms with Crippen molar-refractivity contribution in [1.82, 2.24) is 9.55 Å². The molecule has 0 radical (unpaired) electrons. The lowest BCUT2D eigenvalue weighted by Crippen LogP contribution is -2.24. The monoisotopic (exact) mass is 304 g/mol. The largest absolute Gasteiger partial charge is 0.268 e. The standard InChI is InChI=1S/C16H11F3N2O/c1-2-14-20-13-5-3-4-12(19)15(13)16(22)21(14)11-7-9(17)6-10(18)8-11/h3-8H,2H2,1H3. The average molecular weight is 304 g/mol. The number of hydrogen-bond donors (Lipinski definition) is 0. The van der Waals surface area contributed by atoms with Gasteiger partial charge in [0.05, 0.1) is 11.2 Å². The van der Waals surface area contributed by atoms with Gasteiger partial charge in [-0.15, -0.1) is 0 Å². The molecule has 0 bridgehead atoms. The van der Waals surface area contributed by atoms with E-state index in [4.69, 9.17) is 0 Å². The maximum absolute atomic E-state index is 13.9. The molecule has 0 aliphatic heterocycles. The highest BCUT2D eigenvalue weighted by Crippen LogP contribution is 2.17. The van der Waals surface area contributed by atoms with Gasteiger partial charge in [-0.25, -0.2) is 18.2 Å². The van der Waals surface area contributed by atoms with Crippen LogP contribution in [-0.4, -0.2) is 9.55 Å². The highest BCUT2D eigenvalue weighted by atomic mass is 19.1. The summed E-state index contributed by atoms with van der Waals surface area (Å²) in [5, 5.41) is -0.204. The Bertz CT molecular complexity index is 914. The Hall–Kier alpha value is -2.63. The third-order valence-corrected chi connectivity index (χ3v) is 3.34. The van der Waals surface area contributed by atoms with Crippen molar-refractivity contribution >= 4 is 10.9 Å². The summed E-state index contributed by atoms with van der Waals surface area (Å²) in [6, 6.07) is 6.85. The first-order valence-electron chi connectivity index (χ1n) is 6.68. The van der Waals surface area contributed by atoms with E-state index in [1.54, 1.807) is 6.92 Å². The summed E-state index contributed by atoms with van der Waals surface area (Å²) in [5.41, 5.74) is -0.489. The molecule has 3 aromatic rings. The van der Waals surface area contributed by atoms with Crippen LogP contribution in [0, 0.1) is 17.5 Å². The van der Waals surface area contributed by atoms with E-state index in [9.17, 15) is 18.0 Å². The van der Waals surface area contributed by atoms with Gasteiger partial charge in [0.1, 0.15) is 28.7 Å². The van der Waals surface area contributed by atoms with E-state index in [1.807, 2.05) is 0 Å². The van der Waals surface area contributed by atoms with E-state index in [-0.39, 0.29) is 16.6 Å². The minimum atomic E-state index is -0.822. The summed E-state index contributed by atoms with van der Waals surface area (Å²) in [7, 11) is 0. The smallest absolute Gasteiger partial charge is 0.268 e. The Kier molecular flexibility index (Phi) is 3.44. The molecule has 0 spiro atoms. The van der Waals surface area contributed by atoms with Gasteiger partial charge in [-0.1, -0.05) is 13.0 Å². The molecule has 1 heterocycles. The van der Waals surface area contributed by atoms with Crippen LogP contribution < -0.4 is 5.56 Å². The lowest BCUT2D eigenvalue weighted by atomic mass is 10.2. The van der Waals surface area contributed by atoms with Crippen LogP contribution in [0.2, 0.25) is 0 Å². The van der Waals surface area contributed by atoms with Crippen molar-refractivity contribution in [2.24, 2.45) is 0 Å². The molecule has 0 saturated heterocycles. The first-order chi connectivity index (χ1) is 10.5. The van der Waals surface area contributed by atoms with Gasteiger partial charge in [0.15, 0.2) is 0 Å². The first-order valence-corrected chi connectivity index (χ1v) is 6.68. The van der Waals surface area contributed by atoms with Crippen LogP contribution in [0.5, 0.6) is 0 Å². The molecule has 0 aliphatic rings. The molecule has 112 valence electrons.